The number of nitrogens with zero attached hydrogens (tertiary/aromatic N) is 3. The molecule has 7 heteroatoms. The second kappa shape index (κ2) is 6.98. The van der Waals surface area contributed by atoms with Gasteiger partial charge in [0.2, 0.25) is 0 Å². The van der Waals surface area contributed by atoms with Gasteiger partial charge in [0.15, 0.2) is 5.16 Å². The van der Waals surface area contributed by atoms with Crippen molar-refractivity contribution >= 4 is 33.3 Å². The van der Waals surface area contributed by atoms with E-state index in [2.05, 4.69) is 26.7 Å². The van der Waals surface area contributed by atoms with Crippen LogP contribution >= 0.6 is 23.1 Å². The number of benzene rings is 1. The zero-order valence-electron chi connectivity index (χ0n) is 15.6. The Morgan fingerprint density at radius 3 is 2.70 bits per heavy atom. The SMILES string of the molecule is Cc1sc2nc([C@@H](C)Sc3ncc(-c4ccccc4)n3C)[nH]c(=O)c2c1C. The number of fused-ring (bicyclic) bond motifs is 1. The Hall–Kier alpha value is -2.38. The lowest BCUT2D eigenvalue weighted by Crippen LogP contribution is -2.12. The Kier molecular flexibility index (Phi) is 4.65. The van der Waals surface area contributed by atoms with Crippen LogP contribution in [0.4, 0.5) is 0 Å². The molecule has 0 saturated carbocycles. The summed E-state index contributed by atoms with van der Waals surface area (Å²) in [6.45, 7) is 6.04. The molecule has 27 heavy (non-hydrogen) atoms. The van der Waals surface area contributed by atoms with E-state index in [0.29, 0.717) is 11.2 Å². The van der Waals surface area contributed by atoms with E-state index in [1.165, 1.54) is 0 Å². The Labute approximate surface area is 165 Å². The number of aromatic amines is 1. The Bertz CT molecular complexity index is 1170. The first-order chi connectivity index (χ1) is 13.0. The second-order valence-corrected chi connectivity index (χ2v) is 9.04. The zero-order chi connectivity index (χ0) is 19.1. The lowest BCUT2D eigenvalue weighted by Gasteiger charge is -2.11. The van der Waals surface area contributed by atoms with Gasteiger partial charge in [-0.15, -0.1) is 11.3 Å². The molecule has 3 aromatic heterocycles. The summed E-state index contributed by atoms with van der Waals surface area (Å²) in [6, 6.07) is 10.2. The standard InChI is InChI=1S/C20H20N4OS2/c1-11-12(2)26-19-16(11)18(25)22-17(23-19)13(3)27-20-21-10-15(24(20)4)14-8-6-5-7-9-14/h5-10,13H,1-4H3,(H,22,23,25)/t13-/m1/s1. The molecule has 0 saturated heterocycles. The highest BCUT2D eigenvalue weighted by Gasteiger charge is 2.18. The monoisotopic (exact) mass is 396 g/mol. The lowest BCUT2D eigenvalue weighted by atomic mass is 10.2. The molecule has 1 atom stereocenters. The van der Waals surface area contributed by atoms with Crippen molar-refractivity contribution in [3.8, 4) is 11.3 Å². The smallest absolute Gasteiger partial charge is 0.259 e. The first kappa shape index (κ1) is 18.0. The van der Waals surface area contributed by atoms with E-state index in [4.69, 9.17) is 4.98 Å². The summed E-state index contributed by atoms with van der Waals surface area (Å²) in [6.07, 6.45) is 1.88. The maximum atomic E-state index is 12.5. The van der Waals surface area contributed by atoms with Crippen LogP contribution in [-0.4, -0.2) is 19.5 Å². The Morgan fingerprint density at radius 2 is 1.96 bits per heavy atom. The number of rotatable bonds is 4. The third-order valence-corrected chi connectivity index (χ3v) is 7.01. The molecule has 4 aromatic rings. The van der Waals surface area contributed by atoms with Gasteiger partial charge in [-0.2, -0.15) is 0 Å². The molecule has 3 heterocycles. The van der Waals surface area contributed by atoms with Gasteiger partial charge in [0.05, 0.1) is 22.5 Å². The van der Waals surface area contributed by atoms with Gasteiger partial charge in [-0.1, -0.05) is 42.1 Å². The minimum Gasteiger partial charge on any atom is -0.322 e. The van der Waals surface area contributed by atoms with Gasteiger partial charge in [-0.25, -0.2) is 9.97 Å². The van der Waals surface area contributed by atoms with Crippen LogP contribution in [0.3, 0.4) is 0 Å². The van der Waals surface area contributed by atoms with E-state index in [9.17, 15) is 4.79 Å². The normalized spacial score (nSPS) is 12.6. The minimum atomic E-state index is -0.0610. The predicted octanol–water partition coefficient (Wildman–Crippen LogP) is 4.86. The number of hydrogen-bond donors (Lipinski definition) is 1. The second-order valence-electron chi connectivity index (χ2n) is 6.53. The van der Waals surface area contributed by atoms with E-state index in [1.54, 1.807) is 23.1 Å². The molecule has 0 aliphatic heterocycles. The number of H-pyrrole nitrogens is 1. The maximum absolute atomic E-state index is 12.5. The van der Waals surface area contributed by atoms with Crippen LogP contribution in [0.2, 0.25) is 0 Å². The Balaban J connectivity index is 1.65. The summed E-state index contributed by atoms with van der Waals surface area (Å²) < 4.78 is 2.08. The van der Waals surface area contributed by atoms with E-state index < -0.39 is 0 Å². The summed E-state index contributed by atoms with van der Waals surface area (Å²) >= 11 is 3.17. The molecule has 0 spiro atoms. The number of thioether (sulfide) groups is 1. The van der Waals surface area contributed by atoms with E-state index in [1.807, 2.05) is 52.2 Å². The first-order valence-corrected chi connectivity index (χ1v) is 10.4. The van der Waals surface area contributed by atoms with Crippen molar-refractivity contribution in [1.29, 1.82) is 0 Å². The molecule has 1 aromatic carbocycles. The number of thiophene rings is 1. The fourth-order valence-electron chi connectivity index (χ4n) is 3.06. The van der Waals surface area contributed by atoms with Gasteiger partial charge in [0, 0.05) is 11.9 Å². The zero-order valence-corrected chi connectivity index (χ0v) is 17.2. The summed E-state index contributed by atoms with van der Waals surface area (Å²) in [7, 11) is 2.01. The van der Waals surface area contributed by atoms with Crippen molar-refractivity contribution < 1.29 is 0 Å². The molecule has 0 unspecified atom stereocenters. The first-order valence-electron chi connectivity index (χ1n) is 8.69. The van der Waals surface area contributed by atoms with Crippen LogP contribution in [0.1, 0.15) is 28.4 Å². The number of aryl methyl sites for hydroxylation is 2. The third-order valence-electron chi connectivity index (χ3n) is 4.74. The van der Waals surface area contributed by atoms with Crippen LogP contribution in [0, 0.1) is 13.8 Å². The number of aromatic nitrogens is 4. The molecular formula is C20H20N4OS2. The van der Waals surface area contributed by atoms with Crippen molar-refractivity contribution in [3.05, 3.63) is 63.1 Å². The maximum Gasteiger partial charge on any atom is 0.259 e. The summed E-state index contributed by atoms with van der Waals surface area (Å²) in [4.78, 5) is 26.7. The number of imidazole rings is 1. The van der Waals surface area contributed by atoms with Crippen LogP contribution in [0.5, 0.6) is 0 Å². The summed E-state index contributed by atoms with van der Waals surface area (Å²) in [5.74, 6) is 0.683. The average molecular weight is 397 g/mol. The number of hydrogen-bond acceptors (Lipinski definition) is 5. The molecule has 138 valence electrons. The molecule has 0 aliphatic rings. The van der Waals surface area contributed by atoms with E-state index >= 15 is 0 Å². The van der Waals surface area contributed by atoms with E-state index in [0.717, 1.165) is 31.7 Å². The molecule has 0 amide bonds. The highest BCUT2D eigenvalue weighted by molar-refractivity contribution is 7.99. The fraction of sp³-hybridized carbons (Fsp3) is 0.250. The summed E-state index contributed by atoms with van der Waals surface area (Å²) in [5, 5.41) is 1.58. The molecule has 5 nitrogen and oxygen atoms in total. The average Bonchev–Trinajstić information content (AvgIpc) is 3.16. The molecule has 1 N–H and O–H groups in total. The van der Waals surface area contributed by atoms with Gasteiger partial charge in [0.1, 0.15) is 10.7 Å². The molecule has 0 fully saturated rings. The van der Waals surface area contributed by atoms with Crippen molar-refractivity contribution in [1.82, 2.24) is 19.5 Å². The van der Waals surface area contributed by atoms with Gasteiger partial charge >= 0.3 is 0 Å². The largest absolute Gasteiger partial charge is 0.322 e. The lowest BCUT2D eigenvalue weighted by molar-refractivity contribution is 0.789. The third kappa shape index (κ3) is 3.21. The van der Waals surface area contributed by atoms with Gasteiger partial charge < -0.3 is 9.55 Å². The van der Waals surface area contributed by atoms with Gasteiger partial charge in [-0.3, -0.25) is 4.79 Å². The molecular weight excluding hydrogens is 376 g/mol. The van der Waals surface area contributed by atoms with Gasteiger partial charge in [0.25, 0.3) is 5.56 Å². The van der Waals surface area contributed by atoms with Crippen LogP contribution in [0.15, 0.2) is 46.5 Å². The van der Waals surface area contributed by atoms with Crippen molar-refractivity contribution in [2.45, 2.75) is 31.2 Å². The highest BCUT2D eigenvalue weighted by atomic mass is 32.2. The molecule has 0 radical (unpaired) electrons. The Morgan fingerprint density at radius 1 is 1.22 bits per heavy atom. The fourth-order valence-corrected chi connectivity index (χ4v) is 5.00. The van der Waals surface area contributed by atoms with Crippen molar-refractivity contribution in [2.75, 3.05) is 0 Å². The highest BCUT2D eigenvalue weighted by Crippen LogP contribution is 2.35. The van der Waals surface area contributed by atoms with Crippen molar-refractivity contribution in [3.63, 3.8) is 0 Å². The van der Waals surface area contributed by atoms with Gasteiger partial charge in [-0.05, 0) is 31.9 Å². The molecule has 4 rings (SSSR count). The molecule has 0 bridgehead atoms. The quantitative estimate of drug-likeness (QED) is 0.501. The topological polar surface area (TPSA) is 63.6 Å². The van der Waals surface area contributed by atoms with Crippen LogP contribution in [-0.2, 0) is 7.05 Å². The number of nitrogens with one attached hydrogen (secondary N) is 1. The molecule has 0 aliphatic carbocycles. The summed E-state index contributed by atoms with van der Waals surface area (Å²) in [5.41, 5.74) is 3.15. The van der Waals surface area contributed by atoms with Crippen LogP contribution in [0.25, 0.3) is 21.5 Å². The van der Waals surface area contributed by atoms with Crippen molar-refractivity contribution in [2.24, 2.45) is 7.05 Å². The van der Waals surface area contributed by atoms with Crippen LogP contribution < -0.4 is 5.56 Å². The van der Waals surface area contributed by atoms with E-state index in [-0.39, 0.29) is 10.8 Å². The predicted molar refractivity (Wildman–Crippen MR) is 113 cm³/mol. The minimum absolute atomic E-state index is 0.0189.